The summed E-state index contributed by atoms with van der Waals surface area (Å²) in [5.74, 6) is 0.514. The van der Waals surface area contributed by atoms with Gasteiger partial charge in [0, 0.05) is 19.1 Å². The molecule has 0 unspecified atom stereocenters. The third-order valence-electron chi connectivity index (χ3n) is 2.69. The molecule has 0 amide bonds. The molecule has 1 aromatic rings. The van der Waals surface area contributed by atoms with Gasteiger partial charge in [-0.05, 0) is 23.5 Å². The van der Waals surface area contributed by atoms with Crippen LogP contribution in [0.5, 0.6) is 0 Å². The van der Waals surface area contributed by atoms with Gasteiger partial charge in [-0.1, -0.05) is 38.1 Å². The first kappa shape index (κ1) is 12.2. The predicted octanol–water partition coefficient (Wildman–Crippen LogP) is 1.95. The van der Waals surface area contributed by atoms with E-state index in [0.29, 0.717) is 5.92 Å². The summed E-state index contributed by atoms with van der Waals surface area (Å²) in [6.07, 6.45) is 0.741. The molecule has 0 atom stereocenters. The van der Waals surface area contributed by atoms with Crippen molar-refractivity contribution in [2.24, 2.45) is 5.92 Å². The minimum atomic E-state index is -0.0325. The first-order valence-electron chi connectivity index (χ1n) is 5.48. The van der Waals surface area contributed by atoms with Gasteiger partial charge in [-0.25, -0.2) is 0 Å². The summed E-state index contributed by atoms with van der Waals surface area (Å²) in [4.78, 5) is 0. The third-order valence-corrected chi connectivity index (χ3v) is 2.69. The Bertz CT molecular complexity index is 273. The lowest BCUT2D eigenvalue weighted by Crippen LogP contribution is -2.13. The second-order valence-corrected chi connectivity index (χ2v) is 4.33. The zero-order valence-electron chi connectivity index (χ0n) is 9.48. The van der Waals surface area contributed by atoms with Gasteiger partial charge in [-0.15, -0.1) is 0 Å². The molecule has 0 aliphatic heterocycles. The summed E-state index contributed by atoms with van der Waals surface area (Å²) in [5, 5.41) is 17.9. The maximum atomic E-state index is 8.97. The van der Waals surface area contributed by atoms with Gasteiger partial charge in [-0.2, -0.15) is 0 Å². The van der Waals surface area contributed by atoms with Gasteiger partial charge < -0.3 is 10.2 Å². The van der Waals surface area contributed by atoms with Crippen LogP contribution in [-0.4, -0.2) is 23.4 Å². The molecule has 1 aromatic carbocycles. The Labute approximate surface area is 91.6 Å². The fraction of sp³-hybridized carbons (Fsp3) is 0.538. The van der Waals surface area contributed by atoms with Crippen LogP contribution in [0.3, 0.4) is 0 Å². The Morgan fingerprint density at radius 3 is 1.93 bits per heavy atom. The summed E-state index contributed by atoms with van der Waals surface area (Å²) >= 11 is 0. The van der Waals surface area contributed by atoms with Crippen molar-refractivity contribution in [3.63, 3.8) is 0 Å². The van der Waals surface area contributed by atoms with Gasteiger partial charge >= 0.3 is 0 Å². The van der Waals surface area contributed by atoms with Gasteiger partial charge in [0.2, 0.25) is 0 Å². The lowest BCUT2D eigenvalue weighted by molar-refractivity contribution is 0.150. The van der Waals surface area contributed by atoms with E-state index in [4.69, 9.17) is 10.2 Å². The van der Waals surface area contributed by atoms with Crippen molar-refractivity contribution in [3.8, 4) is 0 Å². The summed E-state index contributed by atoms with van der Waals surface area (Å²) in [5.41, 5.74) is 2.50. The average Bonchev–Trinajstić information content (AvgIpc) is 2.26. The molecule has 0 saturated heterocycles. The molecule has 0 heterocycles. The molecule has 15 heavy (non-hydrogen) atoms. The molecular formula is C13H20O2. The van der Waals surface area contributed by atoms with E-state index < -0.39 is 0 Å². The highest BCUT2D eigenvalue weighted by Gasteiger charge is 2.07. The summed E-state index contributed by atoms with van der Waals surface area (Å²) in [7, 11) is 0. The smallest absolute Gasteiger partial charge is 0.0484 e. The van der Waals surface area contributed by atoms with Crippen molar-refractivity contribution >= 4 is 0 Å². The maximum absolute atomic E-state index is 8.97. The highest BCUT2D eigenvalue weighted by atomic mass is 16.3. The largest absolute Gasteiger partial charge is 0.396 e. The molecule has 0 spiro atoms. The van der Waals surface area contributed by atoms with Crippen molar-refractivity contribution in [2.45, 2.75) is 26.2 Å². The van der Waals surface area contributed by atoms with E-state index in [1.54, 1.807) is 0 Å². The topological polar surface area (TPSA) is 40.5 Å². The van der Waals surface area contributed by atoms with Crippen LogP contribution in [-0.2, 0) is 6.42 Å². The molecular weight excluding hydrogens is 188 g/mol. The quantitative estimate of drug-likeness (QED) is 0.776. The van der Waals surface area contributed by atoms with E-state index in [1.165, 1.54) is 11.1 Å². The molecule has 0 aliphatic carbocycles. The summed E-state index contributed by atoms with van der Waals surface area (Å²) < 4.78 is 0. The molecule has 0 radical (unpaired) electrons. The molecule has 84 valence electrons. The van der Waals surface area contributed by atoms with Crippen LogP contribution in [0, 0.1) is 5.92 Å². The Kier molecular flexibility index (Phi) is 4.79. The Hall–Kier alpha value is -0.860. The van der Waals surface area contributed by atoms with E-state index in [2.05, 4.69) is 38.1 Å². The van der Waals surface area contributed by atoms with E-state index >= 15 is 0 Å². The monoisotopic (exact) mass is 208 g/mol. The van der Waals surface area contributed by atoms with Crippen LogP contribution in [0.25, 0.3) is 0 Å². The van der Waals surface area contributed by atoms with Gasteiger partial charge in [-0.3, -0.25) is 0 Å². The number of rotatable bonds is 5. The van der Waals surface area contributed by atoms with Crippen molar-refractivity contribution in [1.29, 1.82) is 0 Å². The minimum Gasteiger partial charge on any atom is -0.396 e. The molecule has 1 rings (SSSR count). The van der Waals surface area contributed by atoms with Crippen molar-refractivity contribution in [2.75, 3.05) is 13.2 Å². The van der Waals surface area contributed by atoms with E-state index in [1.807, 2.05) is 0 Å². The SMILES string of the molecule is CC(C)c1ccc(CC(CO)CO)cc1. The second-order valence-electron chi connectivity index (χ2n) is 4.33. The molecule has 0 saturated carbocycles. The van der Waals surface area contributed by atoms with Crippen LogP contribution >= 0.6 is 0 Å². The number of benzene rings is 1. The normalized spacial score (nSPS) is 11.3. The van der Waals surface area contributed by atoms with E-state index in [9.17, 15) is 0 Å². The highest BCUT2D eigenvalue weighted by molar-refractivity contribution is 5.24. The van der Waals surface area contributed by atoms with Crippen LogP contribution in [0.4, 0.5) is 0 Å². The number of hydrogen-bond acceptors (Lipinski definition) is 2. The van der Waals surface area contributed by atoms with Crippen LogP contribution in [0.1, 0.15) is 30.9 Å². The standard InChI is InChI=1S/C13H20O2/c1-10(2)13-5-3-11(4-6-13)7-12(8-14)9-15/h3-6,10,12,14-15H,7-9H2,1-2H3. The molecule has 2 N–H and O–H groups in total. The molecule has 0 bridgehead atoms. The number of aliphatic hydroxyl groups is 2. The average molecular weight is 208 g/mol. The Balaban J connectivity index is 2.63. The van der Waals surface area contributed by atoms with Crippen LogP contribution in [0.15, 0.2) is 24.3 Å². The number of hydrogen-bond donors (Lipinski definition) is 2. The predicted molar refractivity (Wildman–Crippen MR) is 61.9 cm³/mol. The second kappa shape index (κ2) is 5.89. The molecule has 0 aromatic heterocycles. The molecule has 0 aliphatic rings. The maximum Gasteiger partial charge on any atom is 0.0484 e. The lowest BCUT2D eigenvalue weighted by Gasteiger charge is -2.11. The summed E-state index contributed by atoms with van der Waals surface area (Å²) in [6.45, 7) is 4.42. The summed E-state index contributed by atoms with van der Waals surface area (Å²) in [6, 6.07) is 8.39. The molecule has 2 nitrogen and oxygen atoms in total. The van der Waals surface area contributed by atoms with Crippen molar-refractivity contribution in [1.82, 2.24) is 0 Å². The minimum absolute atomic E-state index is 0.0325. The number of aliphatic hydroxyl groups excluding tert-OH is 2. The van der Waals surface area contributed by atoms with Gasteiger partial charge in [0.15, 0.2) is 0 Å². The fourth-order valence-corrected chi connectivity index (χ4v) is 1.56. The first-order chi connectivity index (χ1) is 7.17. The fourth-order valence-electron chi connectivity index (χ4n) is 1.56. The Morgan fingerprint density at radius 2 is 1.53 bits per heavy atom. The molecule has 0 fully saturated rings. The lowest BCUT2D eigenvalue weighted by atomic mass is 9.97. The van der Waals surface area contributed by atoms with E-state index in [0.717, 1.165) is 6.42 Å². The first-order valence-corrected chi connectivity index (χ1v) is 5.48. The Morgan fingerprint density at radius 1 is 1.00 bits per heavy atom. The van der Waals surface area contributed by atoms with Gasteiger partial charge in [0.25, 0.3) is 0 Å². The van der Waals surface area contributed by atoms with Crippen LogP contribution < -0.4 is 0 Å². The highest BCUT2D eigenvalue weighted by Crippen LogP contribution is 2.16. The van der Waals surface area contributed by atoms with Crippen molar-refractivity contribution < 1.29 is 10.2 Å². The van der Waals surface area contributed by atoms with Crippen molar-refractivity contribution in [3.05, 3.63) is 35.4 Å². The van der Waals surface area contributed by atoms with Gasteiger partial charge in [0.1, 0.15) is 0 Å². The zero-order valence-corrected chi connectivity index (χ0v) is 9.48. The van der Waals surface area contributed by atoms with Crippen LogP contribution in [0.2, 0.25) is 0 Å². The van der Waals surface area contributed by atoms with Gasteiger partial charge in [0.05, 0.1) is 0 Å². The third kappa shape index (κ3) is 3.65. The van der Waals surface area contributed by atoms with E-state index in [-0.39, 0.29) is 19.1 Å². The molecule has 2 heteroatoms. The zero-order chi connectivity index (χ0) is 11.3.